The van der Waals surface area contributed by atoms with Crippen molar-refractivity contribution in [2.75, 3.05) is 26.2 Å². The van der Waals surface area contributed by atoms with Gasteiger partial charge < -0.3 is 14.7 Å². The van der Waals surface area contributed by atoms with Crippen LogP contribution < -0.4 is 5.32 Å². The molecule has 188 valence electrons. The highest BCUT2D eigenvalue weighted by molar-refractivity contribution is 5.94. The van der Waals surface area contributed by atoms with Crippen LogP contribution in [-0.2, 0) is 4.79 Å². The summed E-state index contributed by atoms with van der Waals surface area (Å²) in [5.41, 5.74) is -0.757. The van der Waals surface area contributed by atoms with Gasteiger partial charge in [0.25, 0.3) is 5.91 Å². The summed E-state index contributed by atoms with van der Waals surface area (Å²) < 4.78 is 46.5. The maximum absolute atomic E-state index is 14.1. The molecule has 7 nitrogen and oxygen atoms in total. The third-order valence-electron chi connectivity index (χ3n) is 7.73. The molecule has 0 bridgehead atoms. The summed E-state index contributed by atoms with van der Waals surface area (Å²) in [4.78, 5) is 30.4. The third-order valence-corrected chi connectivity index (χ3v) is 7.73. The van der Waals surface area contributed by atoms with Gasteiger partial charge in [0.1, 0.15) is 17.5 Å². The first-order valence-electron chi connectivity index (χ1n) is 12.3. The molecule has 2 amide bonds. The van der Waals surface area contributed by atoms with Crippen molar-refractivity contribution in [3.63, 3.8) is 0 Å². The average molecular weight is 491 g/mol. The Hall–Kier alpha value is -2.88. The number of amides is 2. The van der Waals surface area contributed by atoms with Gasteiger partial charge >= 0.3 is 0 Å². The Labute approximate surface area is 201 Å². The summed E-state index contributed by atoms with van der Waals surface area (Å²) in [7, 11) is 0. The lowest BCUT2D eigenvalue weighted by molar-refractivity contribution is -0.142. The second-order valence-corrected chi connectivity index (χ2v) is 9.95. The van der Waals surface area contributed by atoms with Crippen molar-refractivity contribution in [1.82, 2.24) is 20.3 Å². The normalized spacial score (nSPS) is 27.0. The van der Waals surface area contributed by atoms with E-state index in [2.05, 4.69) is 22.3 Å². The number of halogens is 3. The zero-order valence-electron chi connectivity index (χ0n) is 19.6. The molecule has 1 aromatic carbocycles. The molecule has 4 atom stereocenters. The fourth-order valence-electron chi connectivity index (χ4n) is 5.66. The molecular weight excluding hydrogens is 461 g/mol. The van der Waals surface area contributed by atoms with Crippen molar-refractivity contribution >= 4 is 11.8 Å². The Morgan fingerprint density at radius 1 is 1.03 bits per heavy atom. The summed E-state index contributed by atoms with van der Waals surface area (Å²) in [6.07, 6.45) is 5.11. The van der Waals surface area contributed by atoms with E-state index in [0.717, 1.165) is 38.5 Å². The lowest BCUT2D eigenvalue weighted by Gasteiger charge is -2.44. The monoisotopic (exact) mass is 490 g/mol. The molecule has 1 aliphatic carbocycles. The molecule has 5 rings (SSSR count). The standard InChI is InChI=1S/C25H29F3N4O3/c1-14-4-2-5-21(14)32-9-6-19(16(13-32)25(34)31-7-3-8-31)29-24(33)20-12-22(35-30-20)23-17(27)10-15(26)11-18(23)28/h10-12,14,16,19,21H,2-9,13H2,1H3,(H,29,33)/t14-,16-,19-,21-/m1/s1. The number of benzene rings is 1. The Morgan fingerprint density at radius 2 is 1.77 bits per heavy atom. The number of hydrogen-bond donors (Lipinski definition) is 1. The van der Waals surface area contributed by atoms with Crippen LogP contribution in [0.25, 0.3) is 11.3 Å². The third kappa shape index (κ3) is 4.68. The minimum absolute atomic E-state index is 0.0493. The Kier molecular flexibility index (Phi) is 6.57. The van der Waals surface area contributed by atoms with E-state index in [1.54, 1.807) is 0 Å². The fraction of sp³-hybridized carbons (Fsp3) is 0.560. The van der Waals surface area contributed by atoms with Gasteiger partial charge in [-0.3, -0.25) is 14.5 Å². The van der Waals surface area contributed by atoms with E-state index in [1.165, 1.54) is 12.8 Å². The van der Waals surface area contributed by atoms with Crippen LogP contribution in [0, 0.1) is 29.3 Å². The van der Waals surface area contributed by atoms with Gasteiger partial charge in [-0.2, -0.15) is 0 Å². The number of rotatable bonds is 5. The number of nitrogens with one attached hydrogen (secondary N) is 1. The van der Waals surface area contributed by atoms with Gasteiger partial charge in [-0.1, -0.05) is 18.5 Å². The highest BCUT2D eigenvalue weighted by Crippen LogP contribution is 2.33. The predicted molar refractivity (Wildman–Crippen MR) is 121 cm³/mol. The van der Waals surface area contributed by atoms with Crippen LogP contribution in [0.4, 0.5) is 13.2 Å². The van der Waals surface area contributed by atoms with Gasteiger partial charge in [0.2, 0.25) is 5.91 Å². The molecule has 3 heterocycles. The van der Waals surface area contributed by atoms with Gasteiger partial charge in [-0.25, -0.2) is 13.2 Å². The first-order valence-corrected chi connectivity index (χ1v) is 12.3. The van der Waals surface area contributed by atoms with E-state index in [4.69, 9.17) is 4.52 Å². The van der Waals surface area contributed by atoms with Crippen molar-refractivity contribution in [2.24, 2.45) is 11.8 Å². The summed E-state index contributed by atoms with van der Waals surface area (Å²) in [6, 6.07) is 2.26. The van der Waals surface area contributed by atoms with Crippen LogP contribution in [0.15, 0.2) is 22.7 Å². The average Bonchev–Trinajstić information content (AvgIpc) is 3.41. The zero-order chi connectivity index (χ0) is 24.7. The van der Waals surface area contributed by atoms with Gasteiger partial charge in [0.05, 0.1) is 11.5 Å². The van der Waals surface area contributed by atoms with E-state index >= 15 is 0 Å². The first kappa shape index (κ1) is 23.8. The maximum Gasteiger partial charge on any atom is 0.273 e. The molecule has 2 aliphatic heterocycles. The van der Waals surface area contributed by atoms with Crippen LogP contribution in [-0.4, -0.2) is 65.0 Å². The second-order valence-electron chi connectivity index (χ2n) is 9.95. The van der Waals surface area contributed by atoms with Crippen molar-refractivity contribution in [3.8, 4) is 11.3 Å². The van der Waals surface area contributed by atoms with Crippen LogP contribution in [0.3, 0.4) is 0 Å². The molecular formula is C25H29F3N4O3. The number of piperidine rings is 1. The minimum Gasteiger partial charge on any atom is -0.355 e. The van der Waals surface area contributed by atoms with E-state index in [-0.39, 0.29) is 29.3 Å². The van der Waals surface area contributed by atoms with Crippen molar-refractivity contribution in [2.45, 2.75) is 51.1 Å². The molecule has 10 heteroatoms. The molecule has 0 spiro atoms. The molecule has 3 aliphatic rings. The highest BCUT2D eigenvalue weighted by atomic mass is 19.1. The molecule has 1 aromatic heterocycles. The Balaban J connectivity index is 1.32. The summed E-state index contributed by atoms with van der Waals surface area (Å²) in [6.45, 7) is 5.09. The summed E-state index contributed by atoms with van der Waals surface area (Å²) >= 11 is 0. The van der Waals surface area contributed by atoms with Gasteiger partial charge in [0.15, 0.2) is 11.5 Å². The Morgan fingerprint density at radius 3 is 2.40 bits per heavy atom. The molecule has 1 saturated carbocycles. The quantitative estimate of drug-likeness (QED) is 0.693. The van der Waals surface area contributed by atoms with Crippen LogP contribution in [0.1, 0.15) is 49.5 Å². The summed E-state index contributed by atoms with van der Waals surface area (Å²) in [5, 5.41) is 6.57. The Bertz CT molecular complexity index is 1100. The molecule has 0 unspecified atom stereocenters. The molecule has 2 saturated heterocycles. The van der Waals surface area contributed by atoms with Crippen LogP contribution >= 0.6 is 0 Å². The van der Waals surface area contributed by atoms with Gasteiger partial charge in [0, 0.05) is 56.5 Å². The van der Waals surface area contributed by atoms with Crippen molar-refractivity contribution < 1.29 is 27.3 Å². The summed E-state index contributed by atoms with van der Waals surface area (Å²) in [5.74, 6) is -4.01. The SMILES string of the molecule is C[C@@H]1CCC[C@H]1N1CC[C@@H](NC(=O)c2cc(-c3c(F)cc(F)cc3F)on2)[C@H](C(=O)N2CCC2)C1. The molecule has 35 heavy (non-hydrogen) atoms. The number of carbonyl (C=O) groups excluding carboxylic acids is 2. The molecule has 0 radical (unpaired) electrons. The number of carbonyl (C=O) groups is 2. The van der Waals surface area contributed by atoms with Gasteiger partial charge in [-0.05, 0) is 31.6 Å². The maximum atomic E-state index is 14.1. The molecule has 2 aromatic rings. The van der Waals surface area contributed by atoms with E-state index in [1.807, 2.05) is 4.90 Å². The molecule has 1 N–H and O–H groups in total. The topological polar surface area (TPSA) is 78.7 Å². The first-order chi connectivity index (χ1) is 16.8. The largest absolute Gasteiger partial charge is 0.355 e. The number of nitrogens with zero attached hydrogens (tertiary/aromatic N) is 3. The fourth-order valence-corrected chi connectivity index (χ4v) is 5.66. The van der Waals surface area contributed by atoms with E-state index in [9.17, 15) is 22.8 Å². The zero-order valence-corrected chi connectivity index (χ0v) is 19.6. The smallest absolute Gasteiger partial charge is 0.273 e. The highest BCUT2D eigenvalue weighted by Gasteiger charge is 2.42. The lowest BCUT2D eigenvalue weighted by Crippen LogP contribution is -2.60. The van der Waals surface area contributed by atoms with E-state index in [0.29, 0.717) is 37.1 Å². The van der Waals surface area contributed by atoms with Gasteiger partial charge in [-0.15, -0.1) is 0 Å². The lowest BCUT2D eigenvalue weighted by atomic mass is 9.87. The number of aromatic nitrogens is 1. The minimum atomic E-state index is -1.15. The van der Waals surface area contributed by atoms with Crippen molar-refractivity contribution in [3.05, 3.63) is 41.3 Å². The van der Waals surface area contributed by atoms with E-state index < -0.39 is 28.9 Å². The second kappa shape index (κ2) is 9.64. The number of hydrogen-bond acceptors (Lipinski definition) is 5. The van der Waals surface area contributed by atoms with Crippen LogP contribution in [0.2, 0.25) is 0 Å². The van der Waals surface area contributed by atoms with Crippen molar-refractivity contribution in [1.29, 1.82) is 0 Å². The predicted octanol–water partition coefficient (Wildman–Crippen LogP) is 3.60. The number of likely N-dealkylation sites (tertiary alicyclic amines) is 2. The van der Waals surface area contributed by atoms with Crippen LogP contribution in [0.5, 0.6) is 0 Å². The molecule has 3 fully saturated rings.